The van der Waals surface area contributed by atoms with Gasteiger partial charge in [0.1, 0.15) is 9.96 Å². The minimum atomic E-state index is -3.76. The standard InChI is InChI=1S/C19H26N4O7S3/c1-11(2)10-30-15-8-12(3)6-7-13(15)21-16(24)17(25)23-19-22-14(9-20-33(5,28)29)18(31-19)32(4,26)27/h6-8,11,20H,9-10H2,1-5H3,(H,21,24)(H,22,23,25). The van der Waals surface area contributed by atoms with Crippen LogP contribution in [0.25, 0.3) is 0 Å². The van der Waals surface area contributed by atoms with Gasteiger partial charge in [-0.05, 0) is 30.5 Å². The first-order chi connectivity index (χ1) is 15.2. The fourth-order valence-corrected chi connectivity index (χ4v) is 4.93. The van der Waals surface area contributed by atoms with Crippen molar-refractivity contribution in [1.82, 2.24) is 9.71 Å². The van der Waals surface area contributed by atoms with Gasteiger partial charge in [0.25, 0.3) is 0 Å². The van der Waals surface area contributed by atoms with E-state index in [1.54, 1.807) is 18.2 Å². The number of aryl methyl sites for hydroxylation is 1. The van der Waals surface area contributed by atoms with Crippen molar-refractivity contribution < 1.29 is 31.2 Å². The van der Waals surface area contributed by atoms with Crippen molar-refractivity contribution in [3.05, 3.63) is 29.5 Å². The monoisotopic (exact) mass is 518 g/mol. The molecule has 0 aliphatic carbocycles. The van der Waals surface area contributed by atoms with E-state index in [-0.39, 0.29) is 27.5 Å². The topological polar surface area (TPSA) is 161 Å². The third kappa shape index (κ3) is 8.38. The quantitative estimate of drug-likeness (QED) is 0.421. The molecular weight excluding hydrogens is 492 g/mol. The molecule has 2 rings (SSSR count). The minimum absolute atomic E-state index is 0.0912. The molecule has 0 aliphatic rings. The van der Waals surface area contributed by atoms with Crippen molar-refractivity contribution in [2.24, 2.45) is 5.92 Å². The number of benzene rings is 1. The van der Waals surface area contributed by atoms with Crippen LogP contribution in [-0.4, -0.2) is 52.8 Å². The molecule has 2 amide bonds. The molecule has 3 N–H and O–H groups in total. The number of carbonyl (C=O) groups excluding carboxylic acids is 2. The Kier molecular flexibility index (Phi) is 8.57. The first kappa shape index (κ1) is 26.7. The summed E-state index contributed by atoms with van der Waals surface area (Å²) in [5, 5.41) is 4.55. The number of sulfone groups is 1. The van der Waals surface area contributed by atoms with E-state index in [1.807, 2.05) is 20.8 Å². The van der Waals surface area contributed by atoms with Gasteiger partial charge >= 0.3 is 11.8 Å². The Hall–Kier alpha value is -2.55. The summed E-state index contributed by atoms with van der Waals surface area (Å²) in [6.07, 6.45) is 1.84. The fraction of sp³-hybridized carbons (Fsp3) is 0.421. The predicted molar refractivity (Wildman–Crippen MR) is 126 cm³/mol. The maximum absolute atomic E-state index is 12.4. The summed E-state index contributed by atoms with van der Waals surface area (Å²) in [5.41, 5.74) is 1.12. The van der Waals surface area contributed by atoms with Crippen molar-refractivity contribution >= 4 is 53.8 Å². The molecule has 1 aromatic heterocycles. The van der Waals surface area contributed by atoms with Crippen LogP contribution < -0.4 is 20.1 Å². The Labute approximate surface area is 196 Å². The Morgan fingerprint density at radius 3 is 2.30 bits per heavy atom. The van der Waals surface area contributed by atoms with Crippen LogP contribution in [0.15, 0.2) is 22.4 Å². The third-order valence-electron chi connectivity index (χ3n) is 3.88. The summed E-state index contributed by atoms with van der Waals surface area (Å²) >= 11 is 0.615. The van der Waals surface area contributed by atoms with E-state index in [4.69, 9.17) is 4.74 Å². The molecular formula is C19H26N4O7S3. The predicted octanol–water partition coefficient (Wildman–Crippen LogP) is 1.52. The zero-order valence-electron chi connectivity index (χ0n) is 18.8. The van der Waals surface area contributed by atoms with E-state index in [1.165, 1.54) is 0 Å². The maximum Gasteiger partial charge on any atom is 0.315 e. The molecule has 0 fully saturated rings. The second-order valence-electron chi connectivity index (χ2n) is 7.73. The SMILES string of the molecule is Cc1ccc(NC(=O)C(=O)Nc2nc(CNS(C)(=O)=O)c(S(C)(=O)=O)s2)c(OCC(C)C)c1. The first-order valence-electron chi connectivity index (χ1n) is 9.66. The summed E-state index contributed by atoms with van der Waals surface area (Å²) in [4.78, 5) is 28.8. The Balaban J connectivity index is 2.18. The molecule has 0 spiro atoms. The van der Waals surface area contributed by atoms with Crippen LogP contribution in [0, 0.1) is 12.8 Å². The van der Waals surface area contributed by atoms with E-state index in [0.29, 0.717) is 29.4 Å². The van der Waals surface area contributed by atoms with Crippen LogP contribution in [0.2, 0.25) is 0 Å². The number of hydrogen-bond donors (Lipinski definition) is 3. The molecule has 14 heteroatoms. The lowest BCUT2D eigenvalue weighted by Crippen LogP contribution is -2.29. The summed E-state index contributed by atoms with van der Waals surface area (Å²) < 4.78 is 54.3. The van der Waals surface area contributed by atoms with Crippen molar-refractivity contribution in [2.45, 2.75) is 31.5 Å². The number of sulfonamides is 1. The Bertz CT molecular complexity index is 1250. The minimum Gasteiger partial charge on any atom is -0.491 e. The lowest BCUT2D eigenvalue weighted by atomic mass is 10.2. The van der Waals surface area contributed by atoms with Crippen molar-refractivity contribution in [3.63, 3.8) is 0 Å². The average Bonchev–Trinajstić information content (AvgIpc) is 3.09. The van der Waals surface area contributed by atoms with E-state index < -0.39 is 31.7 Å². The number of thiazole rings is 1. The van der Waals surface area contributed by atoms with E-state index in [0.717, 1.165) is 18.1 Å². The Morgan fingerprint density at radius 1 is 1.09 bits per heavy atom. The van der Waals surface area contributed by atoms with E-state index in [9.17, 15) is 26.4 Å². The van der Waals surface area contributed by atoms with Gasteiger partial charge in [-0.3, -0.25) is 14.9 Å². The largest absolute Gasteiger partial charge is 0.491 e. The molecule has 0 aliphatic heterocycles. The second kappa shape index (κ2) is 10.6. The van der Waals surface area contributed by atoms with Gasteiger partial charge in [-0.1, -0.05) is 31.3 Å². The zero-order valence-corrected chi connectivity index (χ0v) is 21.2. The molecule has 0 bridgehead atoms. The van der Waals surface area contributed by atoms with Crippen molar-refractivity contribution in [2.75, 3.05) is 29.8 Å². The first-order valence-corrected chi connectivity index (χ1v) is 14.3. The maximum atomic E-state index is 12.4. The molecule has 0 atom stereocenters. The van der Waals surface area contributed by atoms with E-state index in [2.05, 4.69) is 20.3 Å². The molecule has 0 saturated carbocycles. The summed E-state index contributed by atoms with van der Waals surface area (Å²) in [5.74, 6) is -1.44. The number of nitrogens with one attached hydrogen (secondary N) is 3. The van der Waals surface area contributed by atoms with Gasteiger partial charge in [-0.2, -0.15) is 0 Å². The molecule has 182 valence electrons. The highest BCUT2D eigenvalue weighted by molar-refractivity contribution is 7.93. The van der Waals surface area contributed by atoms with Gasteiger partial charge in [0.15, 0.2) is 15.0 Å². The molecule has 0 saturated heterocycles. The highest BCUT2D eigenvalue weighted by atomic mass is 32.2. The lowest BCUT2D eigenvalue weighted by Gasteiger charge is -2.14. The Morgan fingerprint density at radius 2 is 1.73 bits per heavy atom. The highest BCUT2D eigenvalue weighted by Gasteiger charge is 2.24. The summed E-state index contributed by atoms with van der Waals surface area (Å²) in [6, 6.07) is 5.09. The van der Waals surface area contributed by atoms with Gasteiger partial charge < -0.3 is 10.1 Å². The molecule has 11 nitrogen and oxygen atoms in total. The van der Waals surface area contributed by atoms with Gasteiger partial charge in [-0.15, -0.1) is 0 Å². The van der Waals surface area contributed by atoms with Crippen LogP contribution in [0.4, 0.5) is 10.8 Å². The number of ether oxygens (including phenoxy) is 1. The fourth-order valence-electron chi connectivity index (χ4n) is 2.43. The van der Waals surface area contributed by atoms with Gasteiger partial charge in [-0.25, -0.2) is 26.5 Å². The molecule has 33 heavy (non-hydrogen) atoms. The van der Waals surface area contributed by atoms with Crippen molar-refractivity contribution in [3.8, 4) is 5.75 Å². The van der Waals surface area contributed by atoms with Crippen LogP contribution in [0.5, 0.6) is 5.75 Å². The molecule has 2 aromatic rings. The lowest BCUT2D eigenvalue weighted by molar-refractivity contribution is -0.133. The molecule has 0 radical (unpaired) electrons. The molecule has 1 heterocycles. The van der Waals surface area contributed by atoms with Gasteiger partial charge in [0.05, 0.1) is 30.8 Å². The number of amides is 2. The normalized spacial score (nSPS) is 11.9. The van der Waals surface area contributed by atoms with Crippen LogP contribution in [-0.2, 0) is 36.0 Å². The number of aromatic nitrogens is 1. The molecule has 1 aromatic carbocycles. The second-order valence-corrected chi connectivity index (χ2v) is 12.8. The zero-order chi connectivity index (χ0) is 25.0. The number of hydrogen-bond acceptors (Lipinski definition) is 9. The highest BCUT2D eigenvalue weighted by Crippen LogP contribution is 2.29. The van der Waals surface area contributed by atoms with Gasteiger partial charge in [0, 0.05) is 6.26 Å². The number of anilines is 2. The van der Waals surface area contributed by atoms with Crippen molar-refractivity contribution in [1.29, 1.82) is 0 Å². The summed E-state index contributed by atoms with van der Waals surface area (Å²) in [6.45, 7) is 5.83. The number of nitrogens with zero attached hydrogens (tertiary/aromatic N) is 1. The summed E-state index contributed by atoms with van der Waals surface area (Å²) in [7, 11) is -7.36. The van der Waals surface area contributed by atoms with Crippen LogP contribution >= 0.6 is 11.3 Å². The van der Waals surface area contributed by atoms with Crippen LogP contribution in [0.1, 0.15) is 25.1 Å². The third-order valence-corrected chi connectivity index (χ3v) is 7.43. The van der Waals surface area contributed by atoms with E-state index >= 15 is 0 Å². The number of rotatable bonds is 9. The smallest absolute Gasteiger partial charge is 0.315 e. The van der Waals surface area contributed by atoms with Gasteiger partial charge in [0.2, 0.25) is 10.0 Å². The molecule has 0 unspecified atom stereocenters. The number of carbonyl (C=O) groups is 2. The average molecular weight is 519 g/mol. The van der Waals surface area contributed by atoms with Crippen LogP contribution in [0.3, 0.4) is 0 Å².